The Hall–Kier alpha value is -2.01. The van der Waals surface area contributed by atoms with Gasteiger partial charge in [-0.15, -0.1) is 0 Å². The van der Waals surface area contributed by atoms with Crippen molar-refractivity contribution in [2.75, 3.05) is 33.4 Å². The van der Waals surface area contributed by atoms with E-state index in [4.69, 9.17) is 15.2 Å². The standard InChI is InChI=1S/C17H24N2O3/c1-21-16-13-14(6-8-17(18)20)5-7-15(16)22-12-11-19-9-3-2-4-10-19/h5-8,13H,2-4,9-12H2,1H3,(H2,18,20)/b8-6-. The monoisotopic (exact) mass is 304 g/mol. The van der Waals surface area contributed by atoms with Crippen LogP contribution in [0.25, 0.3) is 6.08 Å². The number of primary amides is 1. The normalized spacial score (nSPS) is 15.9. The Kier molecular flexibility index (Phi) is 6.27. The van der Waals surface area contributed by atoms with E-state index < -0.39 is 5.91 Å². The second-order valence-corrected chi connectivity index (χ2v) is 5.40. The highest BCUT2D eigenvalue weighted by atomic mass is 16.5. The summed E-state index contributed by atoms with van der Waals surface area (Å²) < 4.78 is 11.2. The van der Waals surface area contributed by atoms with Gasteiger partial charge in [0.2, 0.25) is 5.91 Å². The second kappa shape index (κ2) is 8.44. The zero-order valence-electron chi connectivity index (χ0n) is 13.1. The van der Waals surface area contributed by atoms with E-state index in [-0.39, 0.29) is 0 Å². The number of rotatable bonds is 7. The fourth-order valence-electron chi connectivity index (χ4n) is 2.55. The molecule has 0 spiro atoms. The number of piperidine rings is 1. The smallest absolute Gasteiger partial charge is 0.241 e. The van der Waals surface area contributed by atoms with Crippen molar-refractivity contribution >= 4 is 12.0 Å². The largest absolute Gasteiger partial charge is 0.493 e. The molecule has 1 amide bonds. The van der Waals surface area contributed by atoms with Gasteiger partial charge in [0.1, 0.15) is 6.61 Å². The van der Waals surface area contributed by atoms with Crippen molar-refractivity contribution in [3.8, 4) is 11.5 Å². The number of ether oxygens (including phenoxy) is 2. The van der Waals surface area contributed by atoms with E-state index in [2.05, 4.69) is 4.90 Å². The van der Waals surface area contributed by atoms with Crippen molar-refractivity contribution in [2.24, 2.45) is 5.73 Å². The predicted octanol–water partition coefficient (Wildman–Crippen LogP) is 2.06. The zero-order chi connectivity index (χ0) is 15.8. The van der Waals surface area contributed by atoms with Gasteiger partial charge in [-0.1, -0.05) is 12.5 Å². The van der Waals surface area contributed by atoms with E-state index in [1.54, 1.807) is 13.2 Å². The van der Waals surface area contributed by atoms with Gasteiger partial charge in [0, 0.05) is 12.6 Å². The van der Waals surface area contributed by atoms with Crippen molar-refractivity contribution < 1.29 is 14.3 Å². The fraction of sp³-hybridized carbons (Fsp3) is 0.471. The van der Waals surface area contributed by atoms with Crippen LogP contribution in [0.3, 0.4) is 0 Å². The minimum absolute atomic E-state index is 0.471. The van der Waals surface area contributed by atoms with Gasteiger partial charge in [-0.3, -0.25) is 9.69 Å². The third-order valence-corrected chi connectivity index (χ3v) is 3.74. The van der Waals surface area contributed by atoms with Crippen LogP contribution in [0.5, 0.6) is 11.5 Å². The first kappa shape index (κ1) is 16.4. The van der Waals surface area contributed by atoms with Crippen LogP contribution in [0, 0.1) is 0 Å². The van der Waals surface area contributed by atoms with Gasteiger partial charge in [-0.05, 0) is 49.7 Å². The lowest BCUT2D eigenvalue weighted by atomic mass is 10.1. The minimum Gasteiger partial charge on any atom is -0.493 e. The third kappa shape index (κ3) is 5.07. The van der Waals surface area contributed by atoms with Crippen LogP contribution in [0.2, 0.25) is 0 Å². The number of amides is 1. The molecule has 2 N–H and O–H groups in total. The molecule has 1 saturated heterocycles. The third-order valence-electron chi connectivity index (χ3n) is 3.74. The van der Waals surface area contributed by atoms with Crippen molar-refractivity contribution in [2.45, 2.75) is 19.3 Å². The highest BCUT2D eigenvalue weighted by Crippen LogP contribution is 2.28. The molecule has 1 fully saturated rings. The highest BCUT2D eigenvalue weighted by Gasteiger charge is 2.10. The first-order valence-electron chi connectivity index (χ1n) is 7.70. The van der Waals surface area contributed by atoms with Crippen molar-refractivity contribution in [1.82, 2.24) is 4.90 Å². The summed E-state index contributed by atoms with van der Waals surface area (Å²) >= 11 is 0. The number of carbonyl (C=O) groups is 1. The lowest BCUT2D eigenvalue weighted by Crippen LogP contribution is -2.33. The molecule has 0 atom stereocenters. The van der Waals surface area contributed by atoms with Crippen molar-refractivity contribution in [1.29, 1.82) is 0 Å². The molecule has 0 bridgehead atoms. The summed E-state index contributed by atoms with van der Waals surface area (Å²) in [5, 5.41) is 0. The molecule has 120 valence electrons. The molecule has 1 heterocycles. The van der Waals surface area contributed by atoms with E-state index in [9.17, 15) is 4.79 Å². The fourth-order valence-corrected chi connectivity index (χ4v) is 2.55. The number of likely N-dealkylation sites (tertiary alicyclic amines) is 1. The number of hydrogen-bond donors (Lipinski definition) is 1. The van der Waals surface area contributed by atoms with Gasteiger partial charge >= 0.3 is 0 Å². The highest BCUT2D eigenvalue weighted by molar-refractivity contribution is 5.90. The molecule has 0 saturated carbocycles. The SMILES string of the molecule is COc1cc(/C=C\C(N)=O)ccc1OCCN1CCCCC1. The number of carbonyl (C=O) groups excluding carboxylic acids is 1. The molecule has 0 aliphatic carbocycles. The van der Waals surface area contributed by atoms with Gasteiger partial charge in [-0.2, -0.15) is 0 Å². The molecule has 1 aromatic rings. The maximum atomic E-state index is 10.8. The lowest BCUT2D eigenvalue weighted by molar-refractivity contribution is -0.113. The van der Waals surface area contributed by atoms with E-state index in [0.29, 0.717) is 12.4 Å². The molecule has 22 heavy (non-hydrogen) atoms. The molecule has 1 aliphatic rings. The summed E-state index contributed by atoms with van der Waals surface area (Å²) in [7, 11) is 1.61. The number of hydrogen-bond acceptors (Lipinski definition) is 4. The van der Waals surface area contributed by atoms with Crippen LogP contribution in [0.1, 0.15) is 24.8 Å². The quantitative estimate of drug-likeness (QED) is 0.783. The van der Waals surface area contributed by atoms with Crippen LogP contribution in [-0.4, -0.2) is 44.2 Å². The van der Waals surface area contributed by atoms with Crippen LogP contribution in [0.4, 0.5) is 0 Å². The maximum absolute atomic E-state index is 10.8. The summed E-state index contributed by atoms with van der Waals surface area (Å²) in [5.74, 6) is 0.904. The molecule has 1 aromatic carbocycles. The van der Waals surface area contributed by atoms with Crippen LogP contribution < -0.4 is 15.2 Å². The van der Waals surface area contributed by atoms with E-state index in [0.717, 1.165) is 30.9 Å². The average Bonchev–Trinajstić information content (AvgIpc) is 2.54. The van der Waals surface area contributed by atoms with Gasteiger partial charge < -0.3 is 15.2 Å². The van der Waals surface area contributed by atoms with E-state index in [1.807, 2.05) is 18.2 Å². The lowest BCUT2D eigenvalue weighted by Gasteiger charge is -2.26. The summed E-state index contributed by atoms with van der Waals surface area (Å²) in [4.78, 5) is 13.2. The summed E-state index contributed by atoms with van der Waals surface area (Å²) in [6.45, 7) is 3.91. The van der Waals surface area contributed by atoms with Crippen LogP contribution in [-0.2, 0) is 4.79 Å². The molecular weight excluding hydrogens is 280 g/mol. The molecule has 5 nitrogen and oxygen atoms in total. The average molecular weight is 304 g/mol. The van der Waals surface area contributed by atoms with E-state index >= 15 is 0 Å². The number of benzene rings is 1. The number of nitrogens with zero attached hydrogens (tertiary/aromatic N) is 1. The Morgan fingerprint density at radius 2 is 2.05 bits per heavy atom. The molecule has 0 unspecified atom stereocenters. The zero-order valence-corrected chi connectivity index (χ0v) is 13.1. The molecule has 0 aromatic heterocycles. The maximum Gasteiger partial charge on any atom is 0.241 e. The van der Waals surface area contributed by atoms with Gasteiger partial charge in [0.25, 0.3) is 0 Å². The van der Waals surface area contributed by atoms with Gasteiger partial charge in [0.15, 0.2) is 11.5 Å². The van der Waals surface area contributed by atoms with Crippen molar-refractivity contribution in [3.63, 3.8) is 0 Å². The predicted molar refractivity (Wildman–Crippen MR) is 87.0 cm³/mol. The summed E-state index contributed by atoms with van der Waals surface area (Å²) in [6, 6.07) is 5.56. The van der Waals surface area contributed by atoms with Gasteiger partial charge in [-0.25, -0.2) is 0 Å². The van der Waals surface area contributed by atoms with E-state index in [1.165, 1.54) is 25.3 Å². The first-order valence-corrected chi connectivity index (χ1v) is 7.70. The van der Waals surface area contributed by atoms with Crippen LogP contribution >= 0.6 is 0 Å². The number of nitrogens with two attached hydrogens (primary N) is 1. The Labute approximate surface area is 131 Å². The summed E-state index contributed by atoms with van der Waals surface area (Å²) in [5.41, 5.74) is 5.94. The minimum atomic E-state index is -0.471. The Bertz CT molecular complexity index is 523. The molecule has 2 rings (SSSR count). The molecule has 0 radical (unpaired) electrons. The molecule has 1 aliphatic heterocycles. The second-order valence-electron chi connectivity index (χ2n) is 5.40. The van der Waals surface area contributed by atoms with Crippen LogP contribution in [0.15, 0.2) is 24.3 Å². The number of methoxy groups -OCH3 is 1. The van der Waals surface area contributed by atoms with Crippen molar-refractivity contribution in [3.05, 3.63) is 29.8 Å². The first-order chi connectivity index (χ1) is 10.7. The Morgan fingerprint density at radius 1 is 1.27 bits per heavy atom. The topological polar surface area (TPSA) is 64.8 Å². The summed E-state index contributed by atoms with van der Waals surface area (Å²) in [6.07, 6.45) is 6.88. The van der Waals surface area contributed by atoms with Gasteiger partial charge in [0.05, 0.1) is 7.11 Å². The molecular formula is C17H24N2O3. The Morgan fingerprint density at radius 3 is 2.73 bits per heavy atom. The molecule has 5 heteroatoms. The Balaban J connectivity index is 1.90.